The van der Waals surface area contributed by atoms with Gasteiger partial charge in [0.2, 0.25) is 0 Å². The van der Waals surface area contributed by atoms with Crippen LogP contribution in [0, 0.1) is 0 Å². The normalized spacial score (nSPS) is 12.0. The molecule has 0 bridgehead atoms. The summed E-state index contributed by atoms with van der Waals surface area (Å²) in [6.07, 6.45) is 9.01. The van der Waals surface area contributed by atoms with E-state index in [4.69, 9.17) is 0 Å². The molecule has 3 rings (SSSR count). The zero-order valence-electron chi connectivity index (χ0n) is 16.1. The van der Waals surface area contributed by atoms with E-state index in [9.17, 15) is 4.79 Å². The van der Waals surface area contributed by atoms with Crippen molar-refractivity contribution in [3.8, 4) is 0 Å². The first-order valence-corrected chi connectivity index (χ1v) is 8.94. The Kier molecular flexibility index (Phi) is 5.54. The monoisotopic (exact) mass is 367 g/mol. The van der Waals surface area contributed by atoms with Crippen LogP contribution in [0.3, 0.4) is 0 Å². The second-order valence-electron chi connectivity index (χ2n) is 6.52. The number of carbonyl (C=O) groups is 1. The average Bonchev–Trinajstić information content (AvgIpc) is 3.28. The molecule has 142 valence electrons. The van der Waals surface area contributed by atoms with Crippen molar-refractivity contribution in [1.82, 2.24) is 29.2 Å². The highest BCUT2D eigenvalue weighted by atomic mass is 16.2. The molecule has 0 fully saturated rings. The number of amides is 1. The molecule has 0 radical (unpaired) electrons. The third kappa shape index (κ3) is 4.33. The Morgan fingerprint density at radius 3 is 2.63 bits per heavy atom. The maximum absolute atomic E-state index is 12.8. The number of aromatic nitrogens is 5. The number of anilines is 1. The van der Waals surface area contributed by atoms with Gasteiger partial charge in [-0.05, 0) is 26.0 Å². The molecule has 0 spiro atoms. The van der Waals surface area contributed by atoms with Gasteiger partial charge in [0.05, 0.1) is 24.3 Å². The van der Waals surface area contributed by atoms with Crippen molar-refractivity contribution in [3.63, 3.8) is 0 Å². The molecule has 27 heavy (non-hydrogen) atoms. The van der Waals surface area contributed by atoms with Crippen LogP contribution >= 0.6 is 0 Å². The van der Waals surface area contributed by atoms with Crippen LogP contribution in [0.15, 0.2) is 43.1 Å². The van der Waals surface area contributed by atoms with Gasteiger partial charge in [0, 0.05) is 51.0 Å². The fraction of sp³-hybridized carbons (Fsp3) is 0.368. The van der Waals surface area contributed by atoms with Gasteiger partial charge in [-0.15, -0.1) is 0 Å². The summed E-state index contributed by atoms with van der Waals surface area (Å²) >= 11 is 0. The Morgan fingerprint density at radius 2 is 2.07 bits per heavy atom. The molecule has 3 aromatic rings. The maximum atomic E-state index is 12.8. The van der Waals surface area contributed by atoms with Crippen molar-refractivity contribution in [1.29, 1.82) is 0 Å². The van der Waals surface area contributed by atoms with Gasteiger partial charge in [-0.3, -0.25) is 9.48 Å². The second-order valence-corrected chi connectivity index (χ2v) is 6.52. The summed E-state index contributed by atoms with van der Waals surface area (Å²) in [6.45, 7) is 5.07. The molecule has 0 saturated heterocycles. The summed E-state index contributed by atoms with van der Waals surface area (Å²) in [5.41, 5.74) is 1.64. The molecule has 1 atom stereocenters. The fourth-order valence-corrected chi connectivity index (χ4v) is 2.80. The largest absolute Gasteiger partial charge is 0.363 e. The predicted molar refractivity (Wildman–Crippen MR) is 103 cm³/mol. The van der Waals surface area contributed by atoms with Crippen LogP contribution in [0.4, 0.5) is 5.82 Å². The number of pyridine rings is 1. The summed E-state index contributed by atoms with van der Waals surface area (Å²) in [7, 11) is 3.81. The van der Waals surface area contributed by atoms with Gasteiger partial charge in [-0.25, -0.2) is 9.97 Å². The SMILES string of the molecule is CCN(Cc1nccn1C)C(=O)c1ccc(N[C@H](C)c2cnn(C)c2)nc1. The number of hydrogen-bond acceptors (Lipinski definition) is 5. The van der Waals surface area contributed by atoms with Gasteiger partial charge in [-0.2, -0.15) is 5.10 Å². The molecule has 0 aliphatic rings. The lowest BCUT2D eigenvalue weighted by atomic mass is 10.2. The highest BCUT2D eigenvalue weighted by Crippen LogP contribution is 2.17. The van der Waals surface area contributed by atoms with Gasteiger partial charge in [0.15, 0.2) is 0 Å². The second kappa shape index (κ2) is 8.03. The van der Waals surface area contributed by atoms with Crippen LogP contribution in [0.2, 0.25) is 0 Å². The zero-order chi connectivity index (χ0) is 19.4. The number of imidazole rings is 1. The van der Waals surface area contributed by atoms with E-state index < -0.39 is 0 Å². The molecule has 1 amide bonds. The first-order valence-electron chi connectivity index (χ1n) is 8.94. The molecule has 3 heterocycles. The topological polar surface area (TPSA) is 80.9 Å². The number of aryl methyl sites for hydroxylation is 2. The van der Waals surface area contributed by atoms with Gasteiger partial charge in [0.1, 0.15) is 11.6 Å². The Morgan fingerprint density at radius 1 is 1.26 bits per heavy atom. The van der Waals surface area contributed by atoms with E-state index in [1.54, 1.807) is 28.0 Å². The summed E-state index contributed by atoms with van der Waals surface area (Å²) in [4.78, 5) is 23.2. The highest BCUT2D eigenvalue weighted by Gasteiger charge is 2.17. The van der Waals surface area contributed by atoms with Crippen molar-refractivity contribution in [2.24, 2.45) is 14.1 Å². The fourth-order valence-electron chi connectivity index (χ4n) is 2.80. The molecule has 1 N–H and O–H groups in total. The minimum atomic E-state index is -0.0557. The molecule has 0 aliphatic carbocycles. The Hall–Kier alpha value is -3.16. The molecule has 8 heteroatoms. The standard InChI is InChI=1S/C19H25N7O/c1-5-26(13-18-20-8-9-24(18)3)19(27)15-6-7-17(21-10-15)23-14(2)16-11-22-25(4)12-16/h6-12,14H,5,13H2,1-4H3,(H,21,23)/t14-/m1/s1. The Balaban J connectivity index is 1.66. The van der Waals surface area contributed by atoms with Crippen LogP contribution in [0.5, 0.6) is 0 Å². The third-order valence-corrected chi connectivity index (χ3v) is 4.52. The summed E-state index contributed by atoms with van der Waals surface area (Å²) in [5.74, 6) is 1.51. The highest BCUT2D eigenvalue weighted by molar-refractivity contribution is 5.94. The molecule has 0 aliphatic heterocycles. The van der Waals surface area contributed by atoms with Crippen LogP contribution < -0.4 is 5.32 Å². The number of rotatable bonds is 7. The van der Waals surface area contributed by atoms with Crippen molar-refractivity contribution in [2.45, 2.75) is 26.4 Å². The van der Waals surface area contributed by atoms with Gasteiger partial charge in [-0.1, -0.05) is 0 Å². The van der Waals surface area contributed by atoms with Crippen molar-refractivity contribution in [3.05, 3.63) is 60.1 Å². The Bertz CT molecular complexity index is 897. The van der Waals surface area contributed by atoms with Gasteiger partial charge < -0.3 is 14.8 Å². The number of nitrogens with zero attached hydrogens (tertiary/aromatic N) is 6. The predicted octanol–water partition coefficient (Wildman–Crippen LogP) is 2.38. The molecular weight excluding hydrogens is 342 g/mol. The van der Waals surface area contributed by atoms with Crippen molar-refractivity contribution in [2.75, 3.05) is 11.9 Å². The van der Waals surface area contributed by atoms with E-state index in [0.29, 0.717) is 18.7 Å². The molecule has 8 nitrogen and oxygen atoms in total. The lowest BCUT2D eigenvalue weighted by Gasteiger charge is -2.20. The molecular formula is C19H25N7O. The quantitative estimate of drug-likeness (QED) is 0.693. The van der Waals surface area contributed by atoms with E-state index in [2.05, 4.69) is 20.4 Å². The van der Waals surface area contributed by atoms with E-state index in [1.807, 2.05) is 57.2 Å². The van der Waals surface area contributed by atoms with E-state index in [-0.39, 0.29) is 11.9 Å². The third-order valence-electron chi connectivity index (χ3n) is 4.52. The molecule has 0 aromatic carbocycles. The number of nitrogens with one attached hydrogen (secondary N) is 1. The Labute approximate surface area is 158 Å². The number of hydrogen-bond donors (Lipinski definition) is 1. The van der Waals surface area contributed by atoms with E-state index in [0.717, 1.165) is 17.2 Å². The molecule has 0 saturated carbocycles. The summed E-state index contributed by atoms with van der Waals surface area (Å²) in [5, 5.41) is 7.50. The first-order chi connectivity index (χ1) is 13.0. The van der Waals surface area contributed by atoms with Crippen LogP contribution in [-0.2, 0) is 20.6 Å². The maximum Gasteiger partial charge on any atom is 0.255 e. The van der Waals surface area contributed by atoms with Gasteiger partial charge >= 0.3 is 0 Å². The summed E-state index contributed by atoms with van der Waals surface area (Å²) in [6, 6.07) is 3.70. The van der Waals surface area contributed by atoms with Crippen LogP contribution in [0.1, 0.15) is 41.6 Å². The van der Waals surface area contributed by atoms with Gasteiger partial charge in [0.25, 0.3) is 5.91 Å². The van der Waals surface area contributed by atoms with Crippen molar-refractivity contribution >= 4 is 11.7 Å². The smallest absolute Gasteiger partial charge is 0.255 e. The lowest BCUT2D eigenvalue weighted by Crippen LogP contribution is -2.31. The van der Waals surface area contributed by atoms with E-state index >= 15 is 0 Å². The summed E-state index contributed by atoms with van der Waals surface area (Å²) < 4.78 is 3.69. The average molecular weight is 367 g/mol. The van der Waals surface area contributed by atoms with Crippen LogP contribution in [0.25, 0.3) is 0 Å². The van der Waals surface area contributed by atoms with Crippen LogP contribution in [-0.4, -0.2) is 41.7 Å². The first kappa shape index (κ1) is 18.6. The zero-order valence-corrected chi connectivity index (χ0v) is 16.1. The molecule has 3 aromatic heterocycles. The molecule has 0 unspecified atom stereocenters. The number of carbonyl (C=O) groups excluding carboxylic acids is 1. The lowest BCUT2D eigenvalue weighted by molar-refractivity contribution is 0.0747. The van der Waals surface area contributed by atoms with E-state index in [1.165, 1.54) is 0 Å². The van der Waals surface area contributed by atoms with Crippen molar-refractivity contribution < 1.29 is 4.79 Å². The minimum absolute atomic E-state index is 0.0557. The minimum Gasteiger partial charge on any atom is -0.363 e.